The van der Waals surface area contributed by atoms with E-state index in [4.69, 9.17) is 9.47 Å². The molecule has 1 aromatic carbocycles. The molecule has 0 aromatic heterocycles. The van der Waals surface area contributed by atoms with Crippen LogP contribution in [-0.2, 0) is 22.6 Å². The van der Waals surface area contributed by atoms with E-state index in [0.717, 1.165) is 30.4 Å². The molecule has 0 unspecified atom stereocenters. The number of carbonyl (C=O) groups excluding carboxylic acids is 2. The maximum absolute atomic E-state index is 13.0. The number of amides is 2. The van der Waals surface area contributed by atoms with Gasteiger partial charge in [0.05, 0.1) is 14.2 Å². The first kappa shape index (κ1) is 20.1. The number of fused-ring (bicyclic) bond motifs is 1. The van der Waals surface area contributed by atoms with Gasteiger partial charge in [0.1, 0.15) is 5.41 Å². The van der Waals surface area contributed by atoms with Gasteiger partial charge in [0, 0.05) is 19.6 Å². The van der Waals surface area contributed by atoms with Gasteiger partial charge in [-0.1, -0.05) is 13.3 Å². The number of rotatable bonds is 7. The van der Waals surface area contributed by atoms with Crippen molar-refractivity contribution >= 4 is 11.8 Å². The number of benzene rings is 1. The Labute approximate surface area is 155 Å². The van der Waals surface area contributed by atoms with Gasteiger partial charge in [0.25, 0.3) is 0 Å². The van der Waals surface area contributed by atoms with Crippen LogP contribution in [0.1, 0.15) is 44.7 Å². The summed E-state index contributed by atoms with van der Waals surface area (Å²) in [5.74, 6) is 0.986. The summed E-state index contributed by atoms with van der Waals surface area (Å²) in [4.78, 5) is 27.2. The largest absolute Gasteiger partial charge is 0.493 e. The molecule has 1 aliphatic rings. The van der Waals surface area contributed by atoms with Gasteiger partial charge in [-0.25, -0.2) is 0 Å². The van der Waals surface area contributed by atoms with E-state index in [2.05, 4.69) is 12.2 Å². The highest BCUT2D eigenvalue weighted by Crippen LogP contribution is 2.34. The van der Waals surface area contributed by atoms with Crippen molar-refractivity contribution in [1.82, 2.24) is 10.2 Å². The van der Waals surface area contributed by atoms with Crippen LogP contribution in [0.4, 0.5) is 0 Å². The van der Waals surface area contributed by atoms with Crippen molar-refractivity contribution < 1.29 is 19.1 Å². The molecule has 0 fully saturated rings. The summed E-state index contributed by atoms with van der Waals surface area (Å²) in [6, 6.07) is 3.89. The van der Waals surface area contributed by atoms with Crippen LogP contribution in [0.15, 0.2) is 12.1 Å². The molecular formula is C20H30N2O4. The molecule has 0 spiro atoms. The zero-order chi connectivity index (χ0) is 19.3. The maximum Gasteiger partial charge on any atom is 0.238 e. The normalized spacial score (nSPS) is 13.8. The minimum atomic E-state index is -1.08. The highest BCUT2D eigenvalue weighted by molar-refractivity contribution is 6.04. The highest BCUT2D eigenvalue weighted by Gasteiger charge is 2.39. The molecule has 1 heterocycles. The van der Waals surface area contributed by atoms with Gasteiger partial charge in [-0.2, -0.15) is 0 Å². The first-order valence-corrected chi connectivity index (χ1v) is 9.16. The van der Waals surface area contributed by atoms with Gasteiger partial charge in [-0.05, 0) is 49.9 Å². The van der Waals surface area contributed by atoms with E-state index in [0.29, 0.717) is 31.1 Å². The molecule has 1 N–H and O–H groups in total. The number of hydrogen-bond donors (Lipinski definition) is 1. The number of unbranched alkanes of at least 4 members (excludes halogenated alkanes) is 1. The third kappa shape index (κ3) is 4.11. The van der Waals surface area contributed by atoms with Crippen LogP contribution in [-0.4, -0.2) is 44.0 Å². The summed E-state index contributed by atoms with van der Waals surface area (Å²) in [6.45, 7) is 7.12. The van der Waals surface area contributed by atoms with Crippen LogP contribution in [0, 0.1) is 5.41 Å². The van der Waals surface area contributed by atoms with Crippen LogP contribution in [0.3, 0.4) is 0 Å². The summed E-state index contributed by atoms with van der Waals surface area (Å²) in [6.07, 6.45) is 2.65. The molecule has 2 amide bonds. The molecular weight excluding hydrogens is 332 g/mol. The SMILES string of the molecule is CCCCNC(=O)C(C)(C)C(=O)N1CCc2cc(OC)c(OC)cc2C1. The van der Waals surface area contributed by atoms with E-state index in [1.807, 2.05) is 12.1 Å². The number of methoxy groups -OCH3 is 2. The fraction of sp³-hybridized carbons (Fsp3) is 0.600. The smallest absolute Gasteiger partial charge is 0.238 e. The highest BCUT2D eigenvalue weighted by atomic mass is 16.5. The number of hydrogen-bond acceptors (Lipinski definition) is 4. The zero-order valence-corrected chi connectivity index (χ0v) is 16.5. The Balaban J connectivity index is 2.13. The van der Waals surface area contributed by atoms with Crippen molar-refractivity contribution in [1.29, 1.82) is 0 Å². The first-order chi connectivity index (χ1) is 12.3. The molecule has 144 valence electrons. The van der Waals surface area contributed by atoms with Gasteiger partial charge in [-0.3, -0.25) is 9.59 Å². The minimum Gasteiger partial charge on any atom is -0.493 e. The van der Waals surface area contributed by atoms with E-state index in [-0.39, 0.29) is 11.8 Å². The quantitative estimate of drug-likeness (QED) is 0.598. The van der Waals surface area contributed by atoms with Crippen LogP contribution in [0.2, 0.25) is 0 Å². The second-order valence-corrected chi connectivity index (χ2v) is 7.19. The van der Waals surface area contributed by atoms with E-state index >= 15 is 0 Å². The summed E-state index contributed by atoms with van der Waals surface area (Å²) >= 11 is 0. The second-order valence-electron chi connectivity index (χ2n) is 7.19. The molecule has 6 nitrogen and oxygen atoms in total. The van der Waals surface area contributed by atoms with E-state index in [1.165, 1.54) is 0 Å². The van der Waals surface area contributed by atoms with Gasteiger partial charge < -0.3 is 19.7 Å². The number of carbonyl (C=O) groups is 2. The zero-order valence-electron chi connectivity index (χ0n) is 16.5. The molecule has 1 aliphatic heterocycles. The molecule has 0 radical (unpaired) electrons. The lowest BCUT2D eigenvalue weighted by atomic mass is 9.88. The van der Waals surface area contributed by atoms with Crippen molar-refractivity contribution in [2.45, 2.75) is 46.6 Å². The minimum absolute atomic E-state index is 0.146. The lowest BCUT2D eigenvalue weighted by Crippen LogP contribution is -2.50. The van der Waals surface area contributed by atoms with E-state index < -0.39 is 5.41 Å². The predicted octanol–water partition coefficient (Wildman–Crippen LogP) is 2.53. The summed E-state index contributed by atoms with van der Waals surface area (Å²) in [7, 11) is 3.21. The van der Waals surface area contributed by atoms with E-state index in [1.54, 1.807) is 33.0 Å². The van der Waals surface area contributed by atoms with Crippen LogP contribution in [0.5, 0.6) is 11.5 Å². The second kappa shape index (κ2) is 8.43. The summed E-state index contributed by atoms with van der Waals surface area (Å²) in [5.41, 5.74) is 1.10. The molecule has 0 saturated carbocycles. The number of ether oxygens (including phenoxy) is 2. The van der Waals surface area contributed by atoms with Crippen LogP contribution in [0.25, 0.3) is 0 Å². The predicted molar refractivity (Wildman–Crippen MR) is 100 cm³/mol. The van der Waals surface area contributed by atoms with Crippen LogP contribution < -0.4 is 14.8 Å². The monoisotopic (exact) mass is 362 g/mol. The van der Waals surface area contributed by atoms with Crippen molar-refractivity contribution in [3.8, 4) is 11.5 Å². The van der Waals surface area contributed by atoms with Crippen LogP contribution >= 0.6 is 0 Å². The molecule has 0 saturated heterocycles. The van der Waals surface area contributed by atoms with E-state index in [9.17, 15) is 9.59 Å². The Hall–Kier alpha value is -2.24. The molecule has 2 rings (SSSR count). The lowest BCUT2D eigenvalue weighted by Gasteiger charge is -2.34. The van der Waals surface area contributed by atoms with Crippen molar-refractivity contribution in [2.75, 3.05) is 27.3 Å². The fourth-order valence-electron chi connectivity index (χ4n) is 3.15. The average Bonchev–Trinajstić information content (AvgIpc) is 2.65. The molecule has 6 heteroatoms. The Bertz CT molecular complexity index is 670. The summed E-state index contributed by atoms with van der Waals surface area (Å²) < 4.78 is 10.7. The Kier molecular flexibility index (Phi) is 6.51. The topological polar surface area (TPSA) is 67.9 Å². The Morgan fingerprint density at radius 3 is 2.35 bits per heavy atom. The third-order valence-corrected chi connectivity index (χ3v) is 4.92. The Morgan fingerprint density at radius 2 is 1.77 bits per heavy atom. The molecule has 1 aromatic rings. The van der Waals surface area contributed by atoms with Crippen molar-refractivity contribution in [3.05, 3.63) is 23.3 Å². The molecule has 0 bridgehead atoms. The maximum atomic E-state index is 13.0. The summed E-state index contributed by atoms with van der Waals surface area (Å²) in [5, 5.41) is 2.87. The Morgan fingerprint density at radius 1 is 1.15 bits per heavy atom. The molecule has 26 heavy (non-hydrogen) atoms. The molecule has 0 atom stereocenters. The standard InChI is InChI=1S/C20H30N2O4/c1-6-7-9-21-18(23)20(2,3)19(24)22-10-8-14-11-16(25-4)17(26-5)12-15(14)13-22/h11-12H,6-10,13H2,1-5H3,(H,21,23). The molecule has 0 aliphatic carbocycles. The van der Waals surface area contributed by atoms with Crippen molar-refractivity contribution in [2.24, 2.45) is 5.41 Å². The van der Waals surface area contributed by atoms with Gasteiger partial charge >= 0.3 is 0 Å². The van der Waals surface area contributed by atoms with Crippen molar-refractivity contribution in [3.63, 3.8) is 0 Å². The van der Waals surface area contributed by atoms with Gasteiger partial charge in [0.2, 0.25) is 11.8 Å². The van der Waals surface area contributed by atoms with Gasteiger partial charge in [-0.15, -0.1) is 0 Å². The average molecular weight is 362 g/mol. The number of nitrogens with zero attached hydrogens (tertiary/aromatic N) is 1. The third-order valence-electron chi connectivity index (χ3n) is 4.92. The number of nitrogens with one attached hydrogen (secondary N) is 1. The first-order valence-electron chi connectivity index (χ1n) is 9.16. The fourth-order valence-corrected chi connectivity index (χ4v) is 3.15. The lowest BCUT2D eigenvalue weighted by molar-refractivity contribution is -0.149. The van der Waals surface area contributed by atoms with Gasteiger partial charge in [0.15, 0.2) is 11.5 Å².